The van der Waals surface area contributed by atoms with Gasteiger partial charge in [-0.1, -0.05) is 24.4 Å². The summed E-state index contributed by atoms with van der Waals surface area (Å²) < 4.78 is 10.3. The summed E-state index contributed by atoms with van der Waals surface area (Å²) in [5.41, 5.74) is 0.847. The number of rotatable bonds is 5. The molecule has 0 radical (unpaired) electrons. The topological polar surface area (TPSA) is 77.3 Å². The monoisotopic (exact) mass is 315 g/mol. The molecule has 1 heterocycles. The molecule has 1 saturated carbocycles. The smallest absolute Gasteiger partial charge is 0.246 e. The summed E-state index contributed by atoms with van der Waals surface area (Å²) in [5.74, 6) is 1.92. The Morgan fingerprint density at radius 3 is 2.70 bits per heavy atom. The highest BCUT2D eigenvalue weighted by molar-refractivity contribution is 5.78. The molecule has 23 heavy (non-hydrogen) atoms. The van der Waals surface area contributed by atoms with Gasteiger partial charge in [0.25, 0.3) is 0 Å². The van der Waals surface area contributed by atoms with Crippen LogP contribution in [0.2, 0.25) is 0 Å². The molecule has 1 amide bonds. The quantitative estimate of drug-likeness (QED) is 0.918. The van der Waals surface area contributed by atoms with Crippen LogP contribution in [0.15, 0.2) is 28.8 Å². The van der Waals surface area contributed by atoms with E-state index in [0.29, 0.717) is 11.7 Å². The third-order valence-corrected chi connectivity index (χ3v) is 4.21. The first-order valence-corrected chi connectivity index (χ1v) is 8.01. The lowest BCUT2D eigenvalue weighted by molar-refractivity contribution is -0.126. The molecule has 6 nitrogen and oxygen atoms in total. The van der Waals surface area contributed by atoms with Gasteiger partial charge >= 0.3 is 0 Å². The lowest BCUT2D eigenvalue weighted by Gasteiger charge is -2.20. The molecule has 0 aliphatic heterocycles. The van der Waals surface area contributed by atoms with Gasteiger partial charge in [-0.05, 0) is 37.1 Å². The van der Waals surface area contributed by atoms with Gasteiger partial charge in [-0.3, -0.25) is 4.79 Å². The van der Waals surface area contributed by atoms with Gasteiger partial charge in [0.1, 0.15) is 5.75 Å². The van der Waals surface area contributed by atoms with E-state index >= 15 is 0 Å². The lowest BCUT2D eigenvalue weighted by Crippen LogP contribution is -2.31. The molecular weight excluding hydrogens is 294 g/mol. The van der Waals surface area contributed by atoms with E-state index < -0.39 is 0 Å². The maximum Gasteiger partial charge on any atom is 0.246 e. The molecule has 1 aliphatic carbocycles. The zero-order valence-electron chi connectivity index (χ0n) is 13.2. The molecule has 3 rings (SSSR count). The van der Waals surface area contributed by atoms with Gasteiger partial charge in [0.2, 0.25) is 17.6 Å². The minimum absolute atomic E-state index is 0.0916. The molecular formula is C17H21N3O3. The van der Waals surface area contributed by atoms with Crippen molar-refractivity contribution in [2.45, 2.75) is 38.6 Å². The second kappa shape index (κ2) is 7.26. The summed E-state index contributed by atoms with van der Waals surface area (Å²) in [4.78, 5) is 16.4. The van der Waals surface area contributed by atoms with Crippen LogP contribution in [0.1, 0.15) is 38.0 Å². The Labute approximate surface area is 135 Å². The van der Waals surface area contributed by atoms with Gasteiger partial charge in [-0.15, -0.1) is 0 Å². The van der Waals surface area contributed by atoms with Crippen LogP contribution < -0.4 is 10.1 Å². The van der Waals surface area contributed by atoms with Crippen molar-refractivity contribution in [3.63, 3.8) is 0 Å². The fourth-order valence-electron chi connectivity index (χ4n) is 2.86. The number of ether oxygens (including phenoxy) is 1. The minimum Gasteiger partial charge on any atom is -0.497 e. The Bertz CT molecular complexity index is 645. The van der Waals surface area contributed by atoms with Gasteiger partial charge in [-0.2, -0.15) is 4.98 Å². The summed E-state index contributed by atoms with van der Waals surface area (Å²) in [6.45, 7) is 0.276. The van der Waals surface area contributed by atoms with Gasteiger partial charge < -0.3 is 14.6 Å². The predicted molar refractivity (Wildman–Crippen MR) is 84.7 cm³/mol. The van der Waals surface area contributed by atoms with Crippen LogP contribution in [0.4, 0.5) is 0 Å². The summed E-state index contributed by atoms with van der Waals surface area (Å²) in [6, 6.07) is 7.43. The van der Waals surface area contributed by atoms with Crippen LogP contribution in [0.3, 0.4) is 0 Å². The Morgan fingerprint density at radius 1 is 1.26 bits per heavy atom. The minimum atomic E-state index is 0.0916. The van der Waals surface area contributed by atoms with Crippen molar-refractivity contribution < 1.29 is 14.1 Å². The summed E-state index contributed by atoms with van der Waals surface area (Å²) in [5, 5.41) is 6.85. The van der Waals surface area contributed by atoms with Crippen molar-refractivity contribution in [3.8, 4) is 17.1 Å². The normalized spacial score (nSPS) is 15.3. The van der Waals surface area contributed by atoms with E-state index in [1.807, 2.05) is 24.3 Å². The van der Waals surface area contributed by atoms with Crippen molar-refractivity contribution in [3.05, 3.63) is 30.2 Å². The third-order valence-electron chi connectivity index (χ3n) is 4.21. The summed E-state index contributed by atoms with van der Waals surface area (Å²) in [6.07, 6.45) is 5.47. The number of nitrogens with zero attached hydrogens (tertiary/aromatic N) is 2. The lowest BCUT2D eigenvalue weighted by atomic mass is 9.89. The van der Waals surface area contributed by atoms with E-state index in [9.17, 15) is 4.79 Å². The average Bonchev–Trinajstić information content (AvgIpc) is 3.09. The molecule has 2 aromatic rings. The Hall–Kier alpha value is -2.37. The highest BCUT2D eigenvalue weighted by atomic mass is 16.5. The molecule has 0 unspecified atom stereocenters. The fourth-order valence-corrected chi connectivity index (χ4v) is 2.86. The zero-order chi connectivity index (χ0) is 16.1. The number of methoxy groups -OCH3 is 1. The number of hydrogen-bond donors (Lipinski definition) is 1. The van der Waals surface area contributed by atoms with Gasteiger partial charge in [0.15, 0.2) is 0 Å². The predicted octanol–water partition coefficient (Wildman–Crippen LogP) is 2.94. The van der Waals surface area contributed by atoms with Crippen LogP contribution in [0.25, 0.3) is 11.4 Å². The number of benzene rings is 1. The van der Waals surface area contributed by atoms with Crippen LogP contribution in [0.5, 0.6) is 5.75 Å². The first-order chi connectivity index (χ1) is 11.3. The molecule has 1 N–H and O–H groups in total. The molecule has 0 spiro atoms. The molecule has 122 valence electrons. The zero-order valence-corrected chi connectivity index (χ0v) is 13.2. The molecule has 0 bridgehead atoms. The fraction of sp³-hybridized carbons (Fsp3) is 0.471. The maximum absolute atomic E-state index is 12.1. The van der Waals surface area contributed by atoms with Gasteiger partial charge in [0.05, 0.1) is 13.7 Å². The second-order valence-electron chi connectivity index (χ2n) is 5.79. The van der Waals surface area contributed by atoms with E-state index in [-0.39, 0.29) is 18.4 Å². The first-order valence-electron chi connectivity index (χ1n) is 8.01. The van der Waals surface area contributed by atoms with E-state index in [0.717, 1.165) is 37.0 Å². The number of carbonyl (C=O) groups is 1. The SMILES string of the molecule is COc1ccc(-c2noc(CNC(=O)C3CCCCC3)n2)cc1. The number of nitrogens with one attached hydrogen (secondary N) is 1. The third kappa shape index (κ3) is 3.88. The van der Waals surface area contributed by atoms with E-state index in [4.69, 9.17) is 9.26 Å². The van der Waals surface area contributed by atoms with Crippen molar-refractivity contribution >= 4 is 5.91 Å². The molecule has 1 aromatic heterocycles. The molecule has 0 atom stereocenters. The summed E-state index contributed by atoms with van der Waals surface area (Å²) in [7, 11) is 1.62. The van der Waals surface area contributed by atoms with E-state index in [1.54, 1.807) is 7.11 Å². The highest BCUT2D eigenvalue weighted by Gasteiger charge is 2.21. The number of hydrogen-bond acceptors (Lipinski definition) is 5. The molecule has 6 heteroatoms. The van der Waals surface area contributed by atoms with Crippen LogP contribution >= 0.6 is 0 Å². The Morgan fingerprint density at radius 2 is 2.00 bits per heavy atom. The average molecular weight is 315 g/mol. The van der Waals surface area contributed by atoms with E-state index in [1.165, 1.54) is 6.42 Å². The van der Waals surface area contributed by atoms with Gasteiger partial charge in [-0.25, -0.2) is 0 Å². The van der Waals surface area contributed by atoms with Crippen molar-refractivity contribution in [1.82, 2.24) is 15.5 Å². The largest absolute Gasteiger partial charge is 0.497 e. The van der Waals surface area contributed by atoms with E-state index in [2.05, 4.69) is 15.5 Å². The van der Waals surface area contributed by atoms with Crippen LogP contribution in [-0.4, -0.2) is 23.2 Å². The Balaban J connectivity index is 1.57. The van der Waals surface area contributed by atoms with Crippen LogP contribution in [0, 0.1) is 5.92 Å². The van der Waals surface area contributed by atoms with Crippen molar-refractivity contribution in [2.24, 2.45) is 5.92 Å². The Kier molecular flexibility index (Phi) is 4.90. The molecule has 1 fully saturated rings. The molecule has 1 aliphatic rings. The van der Waals surface area contributed by atoms with Crippen LogP contribution in [-0.2, 0) is 11.3 Å². The van der Waals surface area contributed by atoms with Crippen molar-refractivity contribution in [2.75, 3.05) is 7.11 Å². The molecule has 0 saturated heterocycles. The van der Waals surface area contributed by atoms with Gasteiger partial charge in [0, 0.05) is 11.5 Å². The number of amides is 1. The number of carbonyl (C=O) groups excluding carboxylic acids is 1. The standard InChI is InChI=1S/C17H21N3O3/c1-22-14-9-7-12(8-10-14)16-19-15(23-20-16)11-18-17(21)13-5-3-2-4-6-13/h7-10,13H,2-6,11H2,1H3,(H,18,21). The summed E-state index contributed by atoms with van der Waals surface area (Å²) >= 11 is 0. The number of aromatic nitrogens is 2. The molecule has 1 aromatic carbocycles. The highest BCUT2D eigenvalue weighted by Crippen LogP contribution is 2.24. The maximum atomic E-state index is 12.1. The van der Waals surface area contributed by atoms with Crippen molar-refractivity contribution in [1.29, 1.82) is 0 Å². The second-order valence-corrected chi connectivity index (χ2v) is 5.79. The first kappa shape index (κ1) is 15.5.